The number of carbonyl (C=O) groups excluding carboxylic acids is 1. The topological polar surface area (TPSA) is 93.6 Å². The molecule has 21 rings (SSSR count). The number of pyridine rings is 2. The summed E-state index contributed by atoms with van der Waals surface area (Å²) in [4.78, 5) is 19.2. The average Bonchev–Trinajstić information content (AvgIpc) is 1.59. The molecule has 2 aromatic heterocycles. The first-order valence-electron chi connectivity index (χ1n) is 49.8. The molecule has 0 spiro atoms. The Bertz CT molecular complexity index is 6680. The van der Waals surface area contributed by atoms with Gasteiger partial charge in [-0.25, -0.2) is 4.98 Å². The first kappa shape index (κ1) is 90.4. The van der Waals surface area contributed by atoms with Gasteiger partial charge in [0, 0.05) is 54.8 Å². The van der Waals surface area contributed by atoms with Crippen LogP contribution in [0.2, 0.25) is 0 Å². The van der Waals surface area contributed by atoms with E-state index in [-0.39, 0.29) is 128 Å². The third kappa shape index (κ3) is 29.8. The molecular formula is C121H108BBrN2Na2O5P4Pd. The van der Waals surface area contributed by atoms with Crippen molar-refractivity contribution in [3.63, 3.8) is 0 Å². The SMILES string of the molecule is CC1(C)OB(c2ccc3ccc4ccccc4c3c2)OC1(C)C.O=CO[O-].[2H]C([2H])([2H])c1cnc(-c2ccc3ccc4ccccc4c3c2)cc1C([2H])([2H])[2H].[2H]C([2H])([2H])c1cnc(Br)cc1C([2H])([2H])[2H].[H-].[Na+].[Na+].[Pd].c1ccc(P(c2ccccc2)c2ccccc2)cc1.c1ccc(P(c2ccccc2)c2ccccc2)cc1.c1ccc(P(c2ccccc2)c2ccccc2)cc1.c1ccc(P(c2ccccc2)c2ccccc2)cc1. The number of carbonyl (C=O) groups is 1. The molecular weight excluding hydrogens is 1930 g/mol. The molecule has 1 fully saturated rings. The Morgan fingerprint density at radius 3 is 0.803 bits per heavy atom. The molecule has 0 aliphatic carbocycles. The number of hydrogen-bond donors (Lipinski definition) is 0. The summed E-state index contributed by atoms with van der Waals surface area (Å²) in [5, 5.41) is 34.5. The van der Waals surface area contributed by atoms with Crippen LogP contribution in [0.3, 0.4) is 0 Å². The second-order valence-corrected chi connectivity index (χ2v) is 41.5. The molecule has 0 N–H and O–H groups in total. The number of halogens is 1. The maximum absolute atomic E-state index is 8.64. The van der Waals surface area contributed by atoms with Crippen molar-refractivity contribution in [2.75, 3.05) is 0 Å². The van der Waals surface area contributed by atoms with Crippen LogP contribution in [0, 0.1) is 27.4 Å². The van der Waals surface area contributed by atoms with Gasteiger partial charge in [-0.15, -0.1) is 0 Å². The number of nitrogens with zero attached hydrogens (tertiary/aromatic N) is 2. The van der Waals surface area contributed by atoms with Crippen LogP contribution in [-0.2, 0) is 39.4 Å². The zero-order chi connectivity index (χ0) is 103. The van der Waals surface area contributed by atoms with Crippen molar-refractivity contribution < 1.29 is 122 Å². The fourth-order valence-corrected chi connectivity index (χ4v) is 24.6. The van der Waals surface area contributed by atoms with Crippen LogP contribution in [0.4, 0.5) is 0 Å². The summed E-state index contributed by atoms with van der Waals surface area (Å²) in [6.07, 6.45) is 2.23. The van der Waals surface area contributed by atoms with Crippen LogP contribution in [-0.4, -0.2) is 34.8 Å². The molecule has 7 nitrogen and oxygen atoms in total. The summed E-state index contributed by atoms with van der Waals surface area (Å²) in [6.45, 7) is -1.81. The van der Waals surface area contributed by atoms with E-state index >= 15 is 0 Å². The molecule has 0 unspecified atom stereocenters. The third-order valence-corrected chi connectivity index (χ3v) is 32.5. The van der Waals surface area contributed by atoms with Gasteiger partial charge >= 0.3 is 66.2 Å². The van der Waals surface area contributed by atoms with Crippen molar-refractivity contribution in [2.24, 2.45) is 0 Å². The van der Waals surface area contributed by atoms with Gasteiger partial charge in [-0.3, -0.25) is 9.78 Å². The summed E-state index contributed by atoms with van der Waals surface area (Å²) < 4.78 is 102. The molecule has 0 radical (unpaired) electrons. The van der Waals surface area contributed by atoms with Crippen LogP contribution in [0.1, 0.15) is 67.8 Å². The van der Waals surface area contributed by atoms with E-state index in [4.69, 9.17) is 35.8 Å². The number of benzene rings is 18. The van der Waals surface area contributed by atoms with Crippen molar-refractivity contribution in [1.29, 1.82) is 0 Å². The number of hydrogen-bond acceptors (Lipinski definition) is 7. The standard InChI is InChI=1S/C21H17N.C20H21BO2.4C18H15P.C7H8BrN.CH2O3.2Na.Pd.H/c1-14-11-21(22-13-15(14)2)18-10-9-17-8-7-16-5-3-4-6-19(16)20(17)12-18;1-19(2)20(3,4)23-21(22-19)16-12-11-15-10-9-14-7-5-6-8-17(14)18(15)13-16;4*1-4-10-16(11-5-1)19(17-12-6-2-7-13-17)18-14-8-3-9-15-18;1-5-3-7(8)9-4-6(5)2;2-1-4-3;;;;/h3-13H,1-2H3;5-13H,1-4H3;4*1-15H;3-4H,1-2H3;1,3H;;;;/q;;;;;;;;2*+1;;-1/p-1/i1D3,2D3;;;;;;1D3,2D3;;;;;. The van der Waals surface area contributed by atoms with Gasteiger partial charge < -0.3 is 20.9 Å². The Balaban J connectivity index is 0.000000178. The zero-order valence-electron chi connectivity index (χ0n) is 89.9. The summed E-state index contributed by atoms with van der Waals surface area (Å²) in [5.74, 6) is 0. The van der Waals surface area contributed by atoms with Crippen LogP contribution in [0.15, 0.2) is 502 Å². The molecule has 18 aromatic carbocycles. The van der Waals surface area contributed by atoms with Crippen LogP contribution >= 0.6 is 47.6 Å². The molecule has 0 atom stereocenters. The summed E-state index contributed by atoms with van der Waals surface area (Å²) >= 11 is 3.01. The monoisotopic (exact) mass is 2050 g/mol. The van der Waals surface area contributed by atoms with Gasteiger partial charge in [0.25, 0.3) is 6.47 Å². The Morgan fingerprint density at radius 1 is 0.307 bits per heavy atom. The molecule has 3 heterocycles. The van der Waals surface area contributed by atoms with Crippen LogP contribution in [0.5, 0.6) is 0 Å². The quantitative estimate of drug-likeness (QED) is 0.0192. The van der Waals surface area contributed by atoms with E-state index in [9.17, 15) is 0 Å². The largest absolute Gasteiger partial charge is 1.00 e. The van der Waals surface area contributed by atoms with Gasteiger partial charge in [0.15, 0.2) is 0 Å². The number of fused-ring (bicyclic) bond motifs is 6. The van der Waals surface area contributed by atoms with Crippen molar-refractivity contribution in [2.45, 2.75) is 66.3 Å². The maximum Gasteiger partial charge on any atom is 1.00 e. The van der Waals surface area contributed by atoms with Crippen LogP contribution < -0.4 is 133 Å². The van der Waals surface area contributed by atoms with Crippen molar-refractivity contribution in [3.8, 4) is 11.3 Å². The molecule has 0 amide bonds. The van der Waals surface area contributed by atoms with Gasteiger partial charge in [0.2, 0.25) is 0 Å². The zero-order valence-corrected chi connectivity index (χ0v) is 87.6. The summed E-state index contributed by atoms with van der Waals surface area (Å²) in [7, 11) is -2.10. The number of aryl methyl sites for hydroxylation is 4. The van der Waals surface area contributed by atoms with E-state index < -0.39 is 59.1 Å². The number of rotatable bonds is 15. The number of aromatic nitrogens is 2. The molecule has 16 heteroatoms. The van der Waals surface area contributed by atoms with Gasteiger partial charge in [-0.2, -0.15) is 0 Å². The van der Waals surface area contributed by atoms with Gasteiger partial charge in [-0.1, -0.05) is 467 Å². The molecule has 1 saturated heterocycles. The summed E-state index contributed by atoms with van der Waals surface area (Å²) in [6, 6.07) is 169. The van der Waals surface area contributed by atoms with E-state index in [1.54, 1.807) is 0 Å². The summed E-state index contributed by atoms with van der Waals surface area (Å²) in [5.41, 5.74) is 0.789. The Labute approximate surface area is 898 Å². The van der Waals surface area contributed by atoms with Crippen molar-refractivity contribution >= 4 is 173 Å². The second kappa shape index (κ2) is 54.8. The molecule has 1 aliphatic rings. The predicted molar refractivity (Wildman–Crippen MR) is 582 cm³/mol. The molecule has 20 aromatic rings. The van der Waals surface area contributed by atoms with Gasteiger partial charge in [-0.05, 0) is 255 Å². The second-order valence-electron chi connectivity index (χ2n) is 31.8. The Morgan fingerprint density at radius 2 is 0.533 bits per heavy atom. The Kier molecular flexibility index (Phi) is 36.2. The van der Waals surface area contributed by atoms with E-state index in [0.29, 0.717) is 10.3 Å². The normalized spacial score (nSPS) is 13.4. The van der Waals surface area contributed by atoms with Crippen molar-refractivity contribution in [1.82, 2.24) is 9.97 Å². The van der Waals surface area contributed by atoms with E-state index in [2.05, 4.69) is 483 Å². The minimum absolute atomic E-state index is 0. The molecule has 674 valence electrons. The molecule has 137 heavy (non-hydrogen) atoms. The van der Waals surface area contributed by atoms with Crippen molar-refractivity contribution in [3.05, 3.63) is 525 Å². The Hall–Kier alpha value is -10.4. The first-order valence-corrected chi connectivity index (χ1v) is 49.9. The van der Waals surface area contributed by atoms with Gasteiger partial charge in [0.1, 0.15) is 4.60 Å². The van der Waals surface area contributed by atoms with E-state index in [0.717, 1.165) is 45.0 Å². The average molecular weight is 2050 g/mol. The minimum atomic E-state index is -2.54. The molecule has 0 saturated carbocycles. The van der Waals surface area contributed by atoms with E-state index in [1.807, 2.05) is 48.5 Å². The maximum atomic E-state index is 8.64. The molecule has 1 aliphatic heterocycles. The fraction of sp³-hybridized carbons (Fsp3) is 0.0826. The van der Waals surface area contributed by atoms with E-state index in [1.165, 1.54) is 97.3 Å². The minimum Gasteiger partial charge on any atom is -1.00 e. The fourth-order valence-electron chi connectivity index (χ4n) is 15.1. The smallest absolute Gasteiger partial charge is 1.00 e. The third-order valence-electron chi connectivity index (χ3n) is 22.3. The predicted octanol–water partition coefficient (Wildman–Crippen LogP) is 18.8. The molecule has 0 bridgehead atoms. The van der Waals surface area contributed by atoms with Crippen LogP contribution in [0.25, 0.3) is 54.3 Å². The first-order chi connectivity index (χ1) is 70.3. The van der Waals surface area contributed by atoms with Gasteiger partial charge in [0.05, 0.1) is 16.9 Å².